The zero-order valence-electron chi connectivity index (χ0n) is 12.5. The van der Waals surface area contributed by atoms with Gasteiger partial charge in [0.2, 0.25) is 11.8 Å². The van der Waals surface area contributed by atoms with E-state index >= 15 is 0 Å². The summed E-state index contributed by atoms with van der Waals surface area (Å²) >= 11 is 5.67. The van der Waals surface area contributed by atoms with Gasteiger partial charge in [-0.2, -0.15) is 0 Å². The molecular formula is C16H18ClFN2O3. The SMILES string of the molecule is O=C(NCC1CCCO1)C1CC1C(=O)Nc1ccc(F)c(Cl)c1. The van der Waals surface area contributed by atoms with Gasteiger partial charge in [0, 0.05) is 18.8 Å². The minimum absolute atomic E-state index is 0.0514. The number of hydrogen-bond donors (Lipinski definition) is 2. The van der Waals surface area contributed by atoms with Crippen molar-refractivity contribution in [2.45, 2.75) is 25.4 Å². The van der Waals surface area contributed by atoms with Crippen molar-refractivity contribution in [3.8, 4) is 0 Å². The van der Waals surface area contributed by atoms with Gasteiger partial charge >= 0.3 is 0 Å². The highest BCUT2D eigenvalue weighted by molar-refractivity contribution is 6.31. The lowest BCUT2D eigenvalue weighted by atomic mass is 10.2. The Morgan fingerprint density at radius 2 is 2.09 bits per heavy atom. The summed E-state index contributed by atoms with van der Waals surface area (Å²) in [6.45, 7) is 1.24. The predicted octanol–water partition coefficient (Wildman–Crippen LogP) is 2.35. The van der Waals surface area contributed by atoms with Crippen LogP contribution in [0.2, 0.25) is 5.02 Å². The van der Waals surface area contributed by atoms with Crippen LogP contribution in [0.1, 0.15) is 19.3 Å². The predicted molar refractivity (Wildman–Crippen MR) is 83.6 cm³/mol. The monoisotopic (exact) mass is 340 g/mol. The second kappa shape index (κ2) is 6.84. The van der Waals surface area contributed by atoms with Crippen LogP contribution in [0.3, 0.4) is 0 Å². The quantitative estimate of drug-likeness (QED) is 0.864. The van der Waals surface area contributed by atoms with Gasteiger partial charge < -0.3 is 15.4 Å². The Kier molecular flexibility index (Phi) is 4.82. The zero-order valence-corrected chi connectivity index (χ0v) is 13.2. The highest BCUT2D eigenvalue weighted by Crippen LogP contribution is 2.39. The van der Waals surface area contributed by atoms with Crippen molar-refractivity contribution in [2.24, 2.45) is 11.8 Å². The van der Waals surface area contributed by atoms with Crippen molar-refractivity contribution in [1.29, 1.82) is 0 Å². The van der Waals surface area contributed by atoms with Gasteiger partial charge in [-0.3, -0.25) is 9.59 Å². The highest BCUT2D eigenvalue weighted by Gasteiger charge is 2.48. The lowest BCUT2D eigenvalue weighted by Gasteiger charge is -2.10. The van der Waals surface area contributed by atoms with E-state index in [0.717, 1.165) is 19.4 Å². The first-order chi connectivity index (χ1) is 11.0. The molecule has 3 unspecified atom stereocenters. The van der Waals surface area contributed by atoms with Gasteiger partial charge in [-0.1, -0.05) is 11.6 Å². The van der Waals surface area contributed by atoms with Gasteiger partial charge in [-0.15, -0.1) is 0 Å². The fourth-order valence-electron chi connectivity index (χ4n) is 2.73. The Morgan fingerprint density at radius 1 is 1.30 bits per heavy atom. The molecule has 1 saturated carbocycles. The Labute approximate surface area is 138 Å². The minimum atomic E-state index is -0.539. The molecule has 2 amide bonds. The Morgan fingerprint density at radius 3 is 2.78 bits per heavy atom. The number of ether oxygens (including phenoxy) is 1. The van der Waals surface area contributed by atoms with Crippen LogP contribution in [0.15, 0.2) is 18.2 Å². The summed E-state index contributed by atoms with van der Waals surface area (Å²) in [5, 5.41) is 5.45. The van der Waals surface area contributed by atoms with Gasteiger partial charge in [0.25, 0.3) is 0 Å². The second-order valence-electron chi connectivity index (χ2n) is 5.95. The summed E-state index contributed by atoms with van der Waals surface area (Å²) in [6, 6.07) is 3.98. The Bertz CT molecular complexity index is 619. The first kappa shape index (κ1) is 16.2. The van der Waals surface area contributed by atoms with Crippen molar-refractivity contribution >= 4 is 29.1 Å². The summed E-state index contributed by atoms with van der Waals surface area (Å²) in [7, 11) is 0. The van der Waals surface area contributed by atoms with Crippen LogP contribution in [-0.2, 0) is 14.3 Å². The van der Waals surface area contributed by atoms with Gasteiger partial charge in [0.15, 0.2) is 0 Å². The van der Waals surface area contributed by atoms with Crippen LogP contribution in [0, 0.1) is 17.7 Å². The van der Waals surface area contributed by atoms with Gasteiger partial charge in [-0.25, -0.2) is 4.39 Å². The fourth-order valence-corrected chi connectivity index (χ4v) is 2.91. The fraction of sp³-hybridized carbons (Fsp3) is 0.500. The van der Waals surface area contributed by atoms with Gasteiger partial charge in [0.1, 0.15) is 5.82 Å². The molecule has 0 bridgehead atoms. The minimum Gasteiger partial charge on any atom is -0.376 e. The number of rotatable bonds is 5. The van der Waals surface area contributed by atoms with Crippen LogP contribution in [-0.4, -0.2) is 31.1 Å². The molecule has 1 saturated heterocycles. The molecule has 124 valence electrons. The van der Waals surface area contributed by atoms with Gasteiger partial charge in [0.05, 0.1) is 23.0 Å². The van der Waals surface area contributed by atoms with Crippen molar-refractivity contribution in [2.75, 3.05) is 18.5 Å². The van der Waals surface area contributed by atoms with Crippen LogP contribution in [0.5, 0.6) is 0 Å². The molecule has 1 aromatic carbocycles. The molecule has 3 atom stereocenters. The molecule has 7 heteroatoms. The number of amides is 2. The van der Waals surface area contributed by atoms with Crippen molar-refractivity contribution < 1.29 is 18.7 Å². The third kappa shape index (κ3) is 4.00. The molecule has 1 heterocycles. The molecule has 2 fully saturated rings. The summed E-state index contributed by atoms with van der Waals surface area (Å²) in [5.74, 6) is -1.54. The van der Waals surface area contributed by atoms with E-state index in [2.05, 4.69) is 10.6 Å². The largest absolute Gasteiger partial charge is 0.376 e. The molecule has 5 nitrogen and oxygen atoms in total. The van der Waals surface area contributed by atoms with E-state index in [1.54, 1.807) is 0 Å². The first-order valence-corrected chi connectivity index (χ1v) is 8.07. The summed E-state index contributed by atoms with van der Waals surface area (Å²) in [4.78, 5) is 24.1. The van der Waals surface area contributed by atoms with E-state index in [1.165, 1.54) is 18.2 Å². The summed E-state index contributed by atoms with van der Waals surface area (Å²) in [6.07, 6.45) is 2.60. The van der Waals surface area contributed by atoms with Crippen LogP contribution >= 0.6 is 11.6 Å². The third-order valence-corrected chi connectivity index (χ3v) is 4.47. The van der Waals surface area contributed by atoms with Crippen LogP contribution in [0.4, 0.5) is 10.1 Å². The average Bonchev–Trinajstić information content (AvgIpc) is 3.17. The highest BCUT2D eigenvalue weighted by atomic mass is 35.5. The summed E-state index contributed by atoms with van der Waals surface area (Å²) < 4.78 is 18.5. The molecule has 0 aromatic heterocycles. The van der Waals surface area contributed by atoms with Crippen LogP contribution < -0.4 is 10.6 Å². The molecule has 1 aliphatic heterocycles. The topological polar surface area (TPSA) is 67.4 Å². The van der Waals surface area contributed by atoms with E-state index in [1.807, 2.05) is 0 Å². The normalized spacial score (nSPS) is 25.9. The number of hydrogen-bond acceptors (Lipinski definition) is 3. The smallest absolute Gasteiger partial charge is 0.228 e. The molecule has 1 aromatic rings. The average molecular weight is 341 g/mol. The number of nitrogens with one attached hydrogen (secondary N) is 2. The number of carbonyl (C=O) groups excluding carboxylic acids is 2. The third-order valence-electron chi connectivity index (χ3n) is 4.18. The lowest BCUT2D eigenvalue weighted by Crippen LogP contribution is -2.33. The maximum absolute atomic E-state index is 13.1. The standard InChI is InChI=1S/C16H18ClFN2O3/c17-13-6-9(3-4-14(13)18)20-16(22)12-7-11(12)15(21)19-8-10-2-1-5-23-10/h3-4,6,10-12H,1-2,5,7-8H2,(H,19,21)(H,20,22). The number of carbonyl (C=O) groups is 2. The van der Waals surface area contributed by atoms with Crippen molar-refractivity contribution in [3.05, 3.63) is 29.0 Å². The van der Waals surface area contributed by atoms with E-state index < -0.39 is 5.82 Å². The molecule has 3 rings (SSSR count). The number of benzene rings is 1. The number of anilines is 1. The molecular weight excluding hydrogens is 323 g/mol. The van der Waals surface area contributed by atoms with Crippen LogP contribution in [0.25, 0.3) is 0 Å². The maximum Gasteiger partial charge on any atom is 0.228 e. The Hall–Kier alpha value is -1.66. The van der Waals surface area contributed by atoms with E-state index in [-0.39, 0.29) is 34.8 Å². The van der Waals surface area contributed by atoms with E-state index in [4.69, 9.17) is 16.3 Å². The number of halogens is 2. The molecule has 2 aliphatic rings. The maximum atomic E-state index is 13.1. The molecule has 2 N–H and O–H groups in total. The van der Waals surface area contributed by atoms with Crippen molar-refractivity contribution in [1.82, 2.24) is 5.32 Å². The molecule has 0 spiro atoms. The summed E-state index contributed by atoms with van der Waals surface area (Å²) in [5.41, 5.74) is 0.423. The van der Waals surface area contributed by atoms with E-state index in [9.17, 15) is 14.0 Å². The lowest BCUT2D eigenvalue weighted by molar-refractivity contribution is -0.125. The van der Waals surface area contributed by atoms with Gasteiger partial charge in [-0.05, 0) is 37.5 Å². The van der Waals surface area contributed by atoms with E-state index in [0.29, 0.717) is 18.7 Å². The zero-order chi connectivity index (χ0) is 16.4. The molecule has 0 radical (unpaired) electrons. The molecule has 1 aliphatic carbocycles. The Balaban J connectivity index is 1.46. The first-order valence-electron chi connectivity index (χ1n) is 7.70. The van der Waals surface area contributed by atoms with Crippen molar-refractivity contribution in [3.63, 3.8) is 0 Å². The second-order valence-corrected chi connectivity index (χ2v) is 6.35. The molecule has 23 heavy (non-hydrogen) atoms.